The van der Waals surface area contributed by atoms with Crippen molar-refractivity contribution >= 4 is 28.4 Å². The molecule has 0 aliphatic heterocycles. The summed E-state index contributed by atoms with van der Waals surface area (Å²) in [5.41, 5.74) is 5.09. The number of halogens is 3. The van der Waals surface area contributed by atoms with E-state index in [2.05, 4.69) is 4.98 Å². The third-order valence-corrected chi connectivity index (χ3v) is 2.33. The first kappa shape index (κ1) is 10.4. The molecule has 0 aliphatic carbocycles. The first-order valence-corrected chi connectivity index (χ1v) is 4.42. The Morgan fingerprint density at radius 2 is 2.23 bits per heavy atom. The molecule has 0 spiro atoms. The lowest BCUT2D eigenvalue weighted by atomic mass is 10.2. The van der Waals surface area contributed by atoms with Crippen LogP contribution in [0.1, 0.15) is 12.0 Å². The number of anilines is 1. The number of nitrogens with zero attached hydrogens (tertiary/aromatic N) is 1. The van der Waals surface area contributed by atoms with E-state index < -0.39 is 6.43 Å². The van der Waals surface area contributed by atoms with Crippen LogP contribution in [0.15, 0.2) is 6.07 Å². The summed E-state index contributed by atoms with van der Waals surface area (Å²) in [4.78, 5) is 3.64. The number of hydrogen-bond acceptors (Lipinski definition) is 3. The van der Waals surface area contributed by atoms with Gasteiger partial charge in [0.05, 0.1) is 12.7 Å². The number of nitrogens with two attached hydrogens (primary N) is 1. The van der Waals surface area contributed by atoms with E-state index in [0.29, 0.717) is 3.57 Å². The monoisotopic (exact) mass is 300 g/mol. The van der Waals surface area contributed by atoms with E-state index in [1.54, 1.807) is 22.6 Å². The molecule has 1 aromatic rings. The summed E-state index contributed by atoms with van der Waals surface area (Å²) in [6.07, 6.45) is -2.61. The zero-order valence-electron chi connectivity index (χ0n) is 6.72. The second kappa shape index (κ2) is 4.03. The number of nitrogen functional groups attached to an aromatic ring is 1. The standard InChI is InChI=1S/C7H7F2IN2O/c1-13-4-2-3(10)5(6(8)9)7(11)12-4/h2,6H,1H3,(H2,11,12). The molecule has 1 aromatic heterocycles. The zero-order chi connectivity index (χ0) is 10.0. The number of hydrogen-bond donors (Lipinski definition) is 1. The van der Waals surface area contributed by atoms with E-state index in [9.17, 15) is 8.78 Å². The predicted molar refractivity (Wildman–Crippen MR) is 52.9 cm³/mol. The van der Waals surface area contributed by atoms with Crippen LogP contribution in [0.3, 0.4) is 0 Å². The summed E-state index contributed by atoms with van der Waals surface area (Å²) in [5, 5.41) is 0. The molecule has 0 aliphatic rings. The molecule has 0 amide bonds. The Labute approximate surface area is 87.4 Å². The molecule has 72 valence electrons. The summed E-state index contributed by atoms with van der Waals surface area (Å²) in [7, 11) is 1.40. The minimum absolute atomic E-state index is 0.182. The van der Waals surface area contributed by atoms with Gasteiger partial charge in [0.1, 0.15) is 5.82 Å². The average molecular weight is 300 g/mol. The van der Waals surface area contributed by atoms with E-state index in [4.69, 9.17) is 10.5 Å². The van der Waals surface area contributed by atoms with Gasteiger partial charge in [0, 0.05) is 9.64 Å². The summed E-state index contributed by atoms with van der Waals surface area (Å²) in [5.74, 6) is 0.0602. The van der Waals surface area contributed by atoms with Crippen molar-refractivity contribution in [3.63, 3.8) is 0 Å². The molecule has 0 unspecified atom stereocenters. The molecule has 6 heteroatoms. The van der Waals surface area contributed by atoms with Gasteiger partial charge in [-0.2, -0.15) is 4.98 Å². The van der Waals surface area contributed by atoms with Gasteiger partial charge in [-0.05, 0) is 22.6 Å². The third-order valence-electron chi connectivity index (χ3n) is 1.44. The fourth-order valence-corrected chi connectivity index (χ4v) is 1.62. The van der Waals surface area contributed by atoms with Gasteiger partial charge in [0.2, 0.25) is 5.88 Å². The topological polar surface area (TPSA) is 48.1 Å². The van der Waals surface area contributed by atoms with Crippen LogP contribution in [-0.2, 0) is 0 Å². The van der Waals surface area contributed by atoms with Gasteiger partial charge in [-0.25, -0.2) is 8.78 Å². The van der Waals surface area contributed by atoms with Gasteiger partial charge in [-0.3, -0.25) is 0 Å². The second-order valence-corrected chi connectivity index (χ2v) is 3.41. The largest absolute Gasteiger partial charge is 0.481 e. The van der Waals surface area contributed by atoms with Gasteiger partial charge in [-0.1, -0.05) is 0 Å². The van der Waals surface area contributed by atoms with E-state index in [1.165, 1.54) is 13.2 Å². The van der Waals surface area contributed by atoms with Crippen LogP contribution in [0.4, 0.5) is 14.6 Å². The number of ether oxygens (including phenoxy) is 1. The number of methoxy groups -OCH3 is 1. The maximum absolute atomic E-state index is 12.4. The summed E-state index contributed by atoms with van der Waals surface area (Å²) >= 11 is 1.77. The Kier molecular flexibility index (Phi) is 3.23. The van der Waals surface area contributed by atoms with Crippen molar-refractivity contribution in [3.8, 4) is 5.88 Å². The molecule has 1 heterocycles. The van der Waals surface area contributed by atoms with Crippen LogP contribution in [0.2, 0.25) is 0 Å². The fraction of sp³-hybridized carbons (Fsp3) is 0.286. The van der Waals surface area contributed by atoms with Crippen molar-refractivity contribution in [1.29, 1.82) is 0 Å². The van der Waals surface area contributed by atoms with Crippen LogP contribution in [0.25, 0.3) is 0 Å². The van der Waals surface area contributed by atoms with Gasteiger partial charge in [-0.15, -0.1) is 0 Å². The molecule has 1 rings (SSSR count). The highest BCUT2D eigenvalue weighted by atomic mass is 127. The van der Waals surface area contributed by atoms with Crippen molar-refractivity contribution in [3.05, 3.63) is 15.2 Å². The van der Waals surface area contributed by atoms with Crippen LogP contribution < -0.4 is 10.5 Å². The smallest absolute Gasteiger partial charge is 0.268 e. The van der Waals surface area contributed by atoms with Gasteiger partial charge in [0.25, 0.3) is 6.43 Å². The molecular weight excluding hydrogens is 293 g/mol. The number of alkyl halides is 2. The minimum Gasteiger partial charge on any atom is -0.481 e. The first-order valence-electron chi connectivity index (χ1n) is 3.34. The van der Waals surface area contributed by atoms with Crippen molar-refractivity contribution < 1.29 is 13.5 Å². The highest BCUT2D eigenvalue weighted by Crippen LogP contribution is 2.30. The SMILES string of the molecule is COc1cc(I)c(C(F)F)c(N)n1. The zero-order valence-corrected chi connectivity index (χ0v) is 8.88. The van der Waals surface area contributed by atoms with Crippen molar-refractivity contribution in [1.82, 2.24) is 4.98 Å². The Morgan fingerprint density at radius 3 is 2.62 bits per heavy atom. The Morgan fingerprint density at radius 1 is 1.62 bits per heavy atom. The molecule has 0 aromatic carbocycles. The molecule has 0 saturated carbocycles. The first-order chi connectivity index (χ1) is 6.06. The molecular formula is C7H7F2IN2O. The van der Waals surface area contributed by atoms with Gasteiger partial charge < -0.3 is 10.5 Å². The molecule has 0 fully saturated rings. The number of rotatable bonds is 2. The lowest BCUT2D eigenvalue weighted by Crippen LogP contribution is -2.02. The summed E-state index contributed by atoms with van der Waals surface area (Å²) in [6.45, 7) is 0. The average Bonchev–Trinajstić information content (AvgIpc) is 2.02. The Hall–Kier alpha value is -0.660. The van der Waals surface area contributed by atoms with Crippen molar-refractivity contribution in [2.75, 3.05) is 12.8 Å². The van der Waals surface area contributed by atoms with Crippen LogP contribution in [0, 0.1) is 3.57 Å². The number of aromatic nitrogens is 1. The lowest BCUT2D eigenvalue weighted by Gasteiger charge is -2.08. The Balaban J connectivity index is 3.23. The van der Waals surface area contributed by atoms with E-state index >= 15 is 0 Å². The predicted octanol–water partition coefficient (Wildman–Crippen LogP) is 2.21. The molecule has 0 bridgehead atoms. The third kappa shape index (κ3) is 2.17. The van der Waals surface area contributed by atoms with Crippen LogP contribution in [-0.4, -0.2) is 12.1 Å². The fourth-order valence-electron chi connectivity index (χ4n) is 0.840. The summed E-state index contributed by atoms with van der Waals surface area (Å²) in [6, 6.07) is 1.42. The van der Waals surface area contributed by atoms with Crippen LogP contribution in [0.5, 0.6) is 5.88 Å². The van der Waals surface area contributed by atoms with E-state index in [0.717, 1.165) is 0 Å². The highest BCUT2D eigenvalue weighted by molar-refractivity contribution is 14.1. The number of pyridine rings is 1. The molecule has 0 atom stereocenters. The summed E-state index contributed by atoms with van der Waals surface area (Å²) < 4.78 is 29.8. The molecule has 0 saturated heterocycles. The molecule has 2 N–H and O–H groups in total. The molecule has 13 heavy (non-hydrogen) atoms. The van der Waals surface area contributed by atoms with Gasteiger partial charge >= 0.3 is 0 Å². The maximum atomic E-state index is 12.4. The minimum atomic E-state index is -2.61. The van der Waals surface area contributed by atoms with E-state index in [-0.39, 0.29) is 17.3 Å². The van der Waals surface area contributed by atoms with Crippen molar-refractivity contribution in [2.24, 2.45) is 0 Å². The normalized spacial score (nSPS) is 10.5. The van der Waals surface area contributed by atoms with Crippen molar-refractivity contribution in [2.45, 2.75) is 6.43 Å². The highest BCUT2D eigenvalue weighted by Gasteiger charge is 2.17. The Bertz CT molecular complexity index is 296. The molecule has 0 radical (unpaired) electrons. The van der Waals surface area contributed by atoms with E-state index in [1.807, 2.05) is 0 Å². The second-order valence-electron chi connectivity index (χ2n) is 2.25. The van der Waals surface area contributed by atoms with Crippen LogP contribution >= 0.6 is 22.6 Å². The maximum Gasteiger partial charge on any atom is 0.268 e. The molecule has 3 nitrogen and oxygen atoms in total. The lowest BCUT2D eigenvalue weighted by molar-refractivity contribution is 0.151. The quantitative estimate of drug-likeness (QED) is 0.852. The van der Waals surface area contributed by atoms with Gasteiger partial charge in [0.15, 0.2) is 0 Å².